The number of ether oxygens (including phenoxy) is 1. The van der Waals surface area contributed by atoms with Gasteiger partial charge in [0.05, 0.1) is 7.11 Å². The van der Waals surface area contributed by atoms with Crippen molar-refractivity contribution in [1.29, 1.82) is 0 Å². The van der Waals surface area contributed by atoms with Crippen molar-refractivity contribution in [3.8, 4) is 5.75 Å². The highest BCUT2D eigenvalue weighted by molar-refractivity contribution is 5.94. The SMILES string of the molecule is COc1cc(C(C)NC2CCC(c3ccc(C(=O)NCCNC(=O)CO)cc3)C2)ccc1F. The summed E-state index contributed by atoms with van der Waals surface area (Å²) in [6, 6.07) is 13.1. The van der Waals surface area contributed by atoms with Crippen LogP contribution < -0.4 is 20.7 Å². The maximum Gasteiger partial charge on any atom is 0.251 e. The molecule has 1 fully saturated rings. The first-order valence-corrected chi connectivity index (χ1v) is 11.3. The Labute approximate surface area is 193 Å². The van der Waals surface area contributed by atoms with Crippen molar-refractivity contribution in [2.24, 2.45) is 0 Å². The minimum Gasteiger partial charge on any atom is -0.494 e. The number of methoxy groups -OCH3 is 1. The second-order valence-electron chi connectivity index (χ2n) is 8.38. The molecule has 2 amide bonds. The number of aliphatic hydroxyl groups is 1. The molecule has 0 radical (unpaired) electrons. The zero-order chi connectivity index (χ0) is 23.8. The van der Waals surface area contributed by atoms with Gasteiger partial charge in [-0.3, -0.25) is 9.59 Å². The molecule has 3 rings (SSSR count). The van der Waals surface area contributed by atoms with E-state index in [2.05, 4.69) is 22.9 Å². The van der Waals surface area contributed by atoms with E-state index in [4.69, 9.17) is 9.84 Å². The highest BCUT2D eigenvalue weighted by Crippen LogP contribution is 2.35. The van der Waals surface area contributed by atoms with E-state index in [0.717, 1.165) is 24.8 Å². The van der Waals surface area contributed by atoms with Crippen molar-refractivity contribution in [2.75, 3.05) is 26.8 Å². The molecule has 33 heavy (non-hydrogen) atoms. The number of benzene rings is 2. The molecule has 1 saturated carbocycles. The number of hydrogen-bond donors (Lipinski definition) is 4. The van der Waals surface area contributed by atoms with E-state index >= 15 is 0 Å². The Hall–Kier alpha value is -2.97. The van der Waals surface area contributed by atoms with E-state index in [-0.39, 0.29) is 30.1 Å². The molecule has 4 N–H and O–H groups in total. The Morgan fingerprint density at radius 1 is 1.12 bits per heavy atom. The van der Waals surface area contributed by atoms with Gasteiger partial charge in [0.25, 0.3) is 5.91 Å². The topological polar surface area (TPSA) is 99.7 Å². The Balaban J connectivity index is 1.48. The Morgan fingerprint density at radius 3 is 2.55 bits per heavy atom. The highest BCUT2D eigenvalue weighted by Gasteiger charge is 2.27. The normalized spacial score (nSPS) is 18.5. The van der Waals surface area contributed by atoms with Gasteiger partial charge in [-0.15, -0.1) is 0 Å². The minimum atomic E-state index is -0.563. The van der Waals surface area contributed by atoms with Crippen molar-refractivity contribution >= 4 is 11.8 Å². The van der Waals surface area contributed by atoms with Gasteiger partial charge in [-0.2, -0.15) is 0 Å². The standard InChI is InChI=1S/C25H32FN3O4/c1-16(19-8-10-22(26)23(14-19)33-2)29-21-9-7-20(13-21)17-3-5-18(6-4-17)25(32)28-12-11-27-24(31)15-30/h3-6,8,10,14,16,20-21,29-30H,7,9,11-13,15H2,1-2H3,(H,27,31)(H,28,32). The van der Waals surface area contributed by atoms with E-state index in [1.165, 1.54) is 18.7 Å². The average Bonchev–Trinajstić information content (AvgIpc) is 3.30. The number of nitrogens with one attached hydrogen (secondary N) is 3. The number of aliphatic hydroxyl groups excluding tert-OH is 1. The van der Waals surface area contributed by atoms with Crippen LogP contribution in [0.3, 0.4) is 0 Å². The smallest absolute Gasteiger partial charge is 0.251 e. The monoisotopic (exact) mass is 457 g/mol. The molecule has 8 heteroatoms. The lowest BCUT2D eigenvalue weighted by Crippen LogP contribution is -2.35. The summed E-state index contributed by atoms with van der Waals surface area (Å²) in [6.45, 7) is 2.07. The first-order valence-electron chi connectivity index (χ1n) is 11.3. The van der Waals surface area contributed by atoms with Crippen LogP contribution in [0.4, 0.5) is 4.39 Å². The Morgan fingerprint density at radius 2 is 1.85 bits per heavy atom. The maximum atomic E-state index is 13.7. The number of carbonyl (C=O) groups is 2. The maximum absolute atomic E-state index is 13.7. The van der Waals surface area contributed by atoms with Crippen molar-refractivity contribution in [1.82, 2.24) is 16.0 Å². The molecule has 0 bridgehead atoms. The van der Waals surface area contributed by atoms with Crippen LogP contribution in [-0.4, -0.2) is 49.8 Å². The second-order valence-corrected chi connectivity index (χ2v) is 8.38. The van der Waals surface area contributed by atoms with Crippen molar-refractivity contribution in [2.45, 2.75) is 44.2 Å². The molecular formula is C25H32FN3O4. The predicted octanol–water partition coefficient (Wildman–Crippen LogP) is 2.66. The molecule has 1 aliphatic carbocycles. The third-order valence-electron chi connectivity index (χ3n) is 6.11. The van der Waals surface area contributed by atoms with Crippen LogP contribution in [-0.2, 0) is 4.79 Å². The quantitative estimate of drug-likeness (QED) is 0.411. The van der Waals surface area contributed by atoms with Gasteiger partial charge in [-0.25, -0.2) is 4.39 Å². The summed E-state index contributed by atoms with van der Waals surface area (Å²) in [5.41, 5.74) is 2.77. The molecule has 2 aromatic rings. The van der Waals surface area contributed by atoms with Gasteiger partial charge in [0.2, 0.25) is 5.91 Å². The van der Waals surface area contributed by atoms with Gasteiger partial charge < -0.3 is 25.8 Å². The van der Waals surface area contributed by atoms with Crippen LogP contribution in [0.1, 0.15) is 59.6 Å². The summed E-state index contributed by atoms with van der Waals surface area (Å²) in [5, 5.41) is 17.5. The van der Waals surface area contributed by atoms with Crippen LogP contribution in [0.2, 0.25) is 0 Å². The van der Waals surface area contributed by atoms with Crippen LogP contribution in [0.25, 0.3) is 0 Å². The summed E-state index contributed by atoms with van der Waals surface area (Å²) in [7, 11) is 1.47. The molecule has 1 aliphatic rings. The summed E-state index contributed by atoms with van der Waals surface area (Å²) in [5.74, 6) is -0.355. The molecule has 3 unspecified atom stereocenters. The third kappa shape index (κ3) is 6.76. The van der Waals surface area contributed by atoms with E-state index in [0.29, 0.717) is 24.1 Å². The van der Waals surface area contributed by atoms with Crippen molar-refractivity contribution in [3.05, 3.63) is 65.0 Å². The number of carbonyl (C=O) groups excluding carboxylic acids is 2. The molecule has 2 aromatic carbocycles. The summed E-state index contributed by atoms with van der Waals surface area (Å²) in [4.78, 5) is 23.2. The van der Waals surface area contributed by atoms with Crippen LogP contribution >= 0.6 is 0 Å². The fourth-order valence-electron chi connectivity index (χ4n) is 4.27. The van der Waals surface area contributed by atoms with Crippen LogP contribution in [0, 0.1) is 5.82 Å². The van der Waals surface area contributed by atoms with E-state index in [1.54, 1.807) is 12.1 Å². The molecule has 0 aliphatic heterocycles. The number of halogens is 1. The van der Waals surface area contributed by atoms with Crippen molar-refractivity contribution < 1.29 is 23.8 Å². The highest BCUT2D eigenvalue weighted by atomic mass is 19.1. The molecule has 0 saturated heterocycles. The largest absolute Gasteiger partial charge is 0.494 e. The molecule has 0 heterocycles. The third-order valence-corrected chi connectivity index (χ3v) is 6.11. The number of hydrogen-bond acceptors (Lipinski definition) is 5. The Bertz CT molecular complexity index is 951. The fourth-order valence-corrected chi connectivity index (χ4v) is 4.27. The van der Waals surface area contributed by atoms with E-state index in [1.807, 2.05) is 24.3 Å². The summed E-state index contributed by atoms with van der Waals surface area (Å²) >= 11 is 0. The van der Waals surface area contributed by atoms with E-state index in [9.17, 15) is 14.0 Å². The summed E-state index contributed by atoms with van der Waals surface area (Å²) < 4.78 is 18.8. The number of amides is 2. The molecule has 3 atom stereocenters. The van der Waals surface area contributed by atoms with Gasteiger partial charge in [-0.05, 0) is 67.5 Å². The van der Waals surface area contributed by atoms with Gasteiger partial charge >= 0.3 is 0 Å². The van der Waals surface area contributed by atoms with E-state index < -0.39 is 12.5 Å². The summed E-state index contributed by atoms with van der Waals surface area (Å²) in [6.07, 6.45) is 3.11. The van der Waals surface area contributed by atoms with Crippen LogP contribution in [0.5, 0.6) is 5.75 Å². The molecule has 0 aromatic heterocycles. The first kappa shape index (κ1) is 24.7. The van der Waals surface area contributed by atoms with Crippen molar-refractivity contribution in [3.63, 3.8) is 0 Å². The predicted molar refractivity (Wildman–Crippen MR) is 124 cm³/mol. The second kappa shape index (κ2) is 11.8. The average molecular weight is 458 g/mol. The van der Waals surface area contributed by atoms with Gasteiger partial charge in [0.15, 0.2) is 11.6 Å². The first-order chi connectivity index (χ1) is 15.9. The van der Waals surface area contributed by atoms with Gasteiger partial charge in [0.1, 0.15) is 6.61 Å². The zero-order valence-corrected chi connectivity index (χ0v) is 19.1. The molecule has 0 spiro atoms. The fraction of sp³-hybridized carbons (Fsp3) is 0.440. The van der Waals surface area contributed by atoms with Gasteiger partial charge in [0, 0.05) is 30.7 Å². The van der Waals surface area contributed by atoms with Gasteiger partial charge in [-0.1, -0.05) is 18.2 Å². The van der Waals surface area contributed by atoms with Crippen LogP contribution in [0.15, 0.2) is 42.5 Å². The molecule has 178 valence electrons. The lowest BCUT2D eigenvalue weighted by atomic mass is 9.96. The lowest BCUT2D eigenvalue weighted by Gasteiger charge is -2.21. The minimum absolute atomic E-state index is 0.0801. The molecule has 7 nitrogen and oxygen atoms in total. The Kier molecular flexibility index (Phi) is 8.79. The molecular weight excluding hydrogens is 425 g/mol. The number of rotatable bonds is 10. The lowest BCUT2D eigenvalue weighted by molar-refractivity contribution is -0.123. The zero-order valence-electron chi connectivity index (χ0n) is 19.1.